The smallest absolute Gasteiger partial charge is 0.309 e. The number of esters is 1. The van der Waals surface area contributed by atoms with Gasteiger partial charge in [0.05, 0.1) is 30.7 Å². The number of sulfone groups is 1. The van der Waals surface area contributed by atoms with E-state index >= 15 is 0 Å². The standard InChI is InChI=1S/C22H35N3O8S3/c1-13(2)20-17(26)11-19(28)33-14-6-4-5-8-34-35-12-16(22(30)25-20)24-21(29)15(23-18(27)10-14)7-9-36(3,31)32/h4,6,13-17,20,26H,5,7-12H2,1-3H3,(H,23,27)(H,24,29)(H,25,30)/b6-4+/t14-,15-,16-,17+,20-/m1/s1. The molecule has 4 N–H and O–H groups in total. The average molecular weight is 566 g/mol. The Bertz CT molecular complexity index is 941. The number of carbonyl (C=O) groups excluding carboxylic acids is 4. The Morgan fingerprint density at radius 3 is 2.47 bits per heavy atom. The van der Waals surface area contributed by atoms with E-state index in [9.17, 15) is 32.7 Å². The van der Waals surface area contributed by atoms with Crippen LogP contribution in [0.25, 0.3) is 0 Å². The lowest BCUT2D eigenvalue weighted by Crippen LogP contribution is -2.58. The first kappa shape index (κ1) is 30.5. The van der Waals surface area contributed by atoms with Crippen molar-refractivity contribution in [3.8, 4) is 0 Å². The van der Waals surface area contributed by atoms with Crippen LogP contribution in [0.15, 0.2) is 12.2 Å². The Kier molecular flexibility index (Phi) is 12.0. The van der Waals surface area contributed by atoms with Crippen molar-refractivity contribution in [3.05, 3.63) is 12.2 Å². The van der Waals surface area contributed by atoms with Crippen LogP contribution in [0.5, 0.6) is 0 Å². The van der Waals surface area contributed by atoms with Gasteiger partial charge in [-0.15, -0.1) is 0 Å². The summed E-state index contributed by atoms with van der Waals surface area (Å²) in [5, 5.41) is 18.6. The number of fused-ring (bicyclic) bond motifs is 7. The molecule has 0 spiro atoms. The van der Waals surface area contributed by atoms with Crippen LogP contribution in [-0.2, 0) is 33.8 Å². The summed E-state index contributed by atoms with van der Waals surface area (Å²) in [6.07, 6.45) is 1.94. The second-order valence-electron chi connectivity index (χ2n) is 9.21. The summed E-state index contributed by atoms with van der Waals surface area (Å²) >= 11 is 0. The molecule has 14 heteroatoms. The summed E-state index contributed by atoms with van der Waals surface area (Å²) in [5.41, 5.74) is 0. The van der Waals surface area contributed by atoms with Crippen molar-refractivity contribution >= 4 is 55.1 Å². The number of amides is 3. The van der Waals surface area contributed by atoms with Crippen molar-refractivity contribution in [1.29, 1.82) is 0 Å². The summed E-state index contributed by atoms with van der Waals surface area (Å²) in [6.45, 7) is 3.55. The fraction of sp³-hybridized carbons (Fsp3) is 0.727. The van der Waals surface area contributed by atoms with E-state index in [1.54, 1.807) is 26.0 Å². The van der Waals surface area contributed by atoms with Crippen LogP contribution in [0.2, 0.25) is 0 Å². The molecular weight excluding hydrogens is 530 g/mol. The molecular formula is C22H35N3O8S3. The predicted molar refractivity (Wildman–Crippen MR) is 139 cm³/mol. The number of hydrogen-bond donors (Lipinski definition) is 4. The third kappa shape index (κ3) is 10.7. The molecule has 2 aliphatic heterocycles. The van der Waals surface area contributed by atoms with Gasteiger partial charge in [-0.1, -0.05) is 41.5 Å². The molecule has 5 atom stereocenters. The number of hydrogen-bond acceptors (Lipinski definition) is 10. The molecule has 0 aliphatic carbocycles. The maximum Gasteiger partial charge on any atom is 0.309 e. The lowest BCUT2D eigenvalue weighted by molar-refractivity contribution is -0.151. The molecule has 2 heterocycles. The zero-order valence-electron chi connectivity index (χ0n) is 20.6. The zero-order valence-corrected chi connectivity index (χ0v) is 23.0. The Hall–Kier alpha value is -1.77. The van der Waals surface area contributed by atoms with Crippen LogP contribution >= 0.6 is 21.6 Å². The maximum absolute atomic E-state index is 13.2. The van der Waals surface area contributed by atoms with Crippen LogP contribution < -0.4 is 16.0 Å². The molecule has 0 unspecified atom stereocenters. The van der Waals surface area contributed by atoms with Gasteiger partial charge < -0.3 is 25.8 Å². The summed E-state index contributed by atoms with van der Waals surface area (Å²) in [7, 11) is -0.560. The van der Waals surface area contributed by atoms with Gasteiger partial charge in [0.1, 0.15) is 28.0 Å². The molecule has 0 saturated carbocycles. The normalized spacial score (nSPS) is 30.6. The monoisotopic (exact) mass is 565 g/mol. The molecule has 0 aromatic heterocycles. The molecule has 36 heavy (non-hydrogen) atoms. The van der Waals surface area contributed by atoms with Gasteiger partial charge in [-0.2, -0.15) is 0 Å². The number of carbonyl (C=O) groups is 4. The summed E-state index contributed by atoms with van der Waals surface area (Å²) in [6, 6.07) is -3.04. The highest BCUT2D eigenvalue weighted by atomic mass is 33.1. The molecule has 0 radical (unpaired) electrons. The van der Waals surface area contributed by atoms with E-state index in [2.05, 4.69) is 16.0 Å². The molecule has 204 valence electrons. The van der Waals surface area contributed by atoms with Gasteiger partial charge in [-0.05, 0) is 24.8 Å². The fourth-order valence-corrected chi connectivity index (χ4v) is 6.49. The molecule has 2 aliphatic rings. The van der Waals surface area contributed by atoms with Gasteiger partial charge >= 0.3 is 5.97 Å². The minimum Gasteiger partial charge on any atom is -0.457 e. The highest BCUT2D eigenvalue weighted by Gasteiger charge is 2.33. The average Bonchev–Trinajstić information content (AvgIpc) is 2.76. The summed E-state index contributed by atoms with van der Waals surface area (Å²) < 4.78 is 28.9. The number of aliphatic hydroxyl groups is 1. The van der Waals surface area contributed by atoms with E-state index in [4.69, 9.17) is 4.74 Å². The Balaban J connectivity index is 2.48. The van der Waals surface area contributed by atoms with Gasteiger partial charge in [-0.3, -0.25) is 19.2 Å². The van der Waals surface area contributed by atoms with Crippen molar-refractivity contribution in [3.63, 3.8) is 0 Å². The van der Waals surface area contributed by atoms with Crippen molar-refractivity contribution < 1.29 is 37.4 Å². The molecule has 11 nitrogen and oxygen atoms in total. The van der Waals surface area contributed by atoms with Gasteiger partial charge in [0.25, 0.3) is 0 Å². The van der Waals surface area contributed by atoms with E-state index in [0.717, 1.165) is 6.26 Å². The molecule has 0 aromatic rings. The first-order valence-corrected chi connectivity index (χ1v) is 16.3. The van der Waals surface area contributed by atoms with E-state index in [0.29, 0.717) is 12.2 Å². The highest BCUT2D eigenvalue weighted by Crippen LogP contribution is 2.24. The first-order valence-electron chi connectivity index (χ1n) is 11.7. The largest absolute Gasteiger partial charge is 0.457 e. The molecule has 1 fully saturated rings. The summed E-state index contributed by atoms with van der Waals surface area (Å²) in [5.74, 6) is -2.34. The maximum atomic E-state index is 13.2. The minimum absolute atomic E-state index is 0.194. The minimum atomic E-state index is -3.44. The van der Waals surface area contributed by atoms with Crippen LogP contribution in [0.3, 0.4) is 0 Å². The molecule has 1 saturated heterocycles. The van der Waals surface area contributed by atoms with Crippen LogP contribution in [0.1, 0.15) is 39.5 Å². The second-order valence-corrected chi connectivity index (χ2v) is 14.1. The van der Waals surface area contributed by atoms with Crippen LogP contribution in [-0.4, -0.2) is 91.1 Å². The Morgan fingerprint density at radius 2 is 1.81 bits per heavy atom. The van der Waals surface area contributed by atoms with Crippen LogP contribution in [0.4, 0.5) is 0 Å². The topological polar surface area (TPSA) is 168 Å². The molecule has 2 bridgehead atoms. The first-order chi connectivity index (χ1) is 16.9. The van der Waals surface area contributed by atoms with Gasteiger partial charge in [0, 0.05) is 17.8 Å². The van der Waals surface area contributed by atoms with Gasteiger partial charge in [-0.25, -0.2) is 8.42 Å². The number of rotatable bonds is 4. The van der Waals surface area contributed by atoms with Gasteiger partial charge in [0.2, 0.25) is 17.7 Å². The third-order valence-corrected chi connectivity index (χ3v) is 9.01. The van der Waals surface area contributed by atoms with E-state index in [-0.39, 0.29) is 30.3 Å². The van der Waals surface area contributed by atoms with Crippen molar-refractivity contribution in [2.75, 3.05) is 23.5 Å². The molecule has 0 aromatic carbocycles. The number of aliphatic hydroxyl groups excluding tert-OH is 1. The number of allylic oxidation sites excluding steroid dienone is 1. The zero-order chi connectivity index (χ0) is 26.9. The molecule has 2 rings (SSSR count). The Labute approximate surface area is 219 Å². The van der Waals surface area contributed by atoms with Crippen molar-refractivity contribution in [2.45, 2.75) is 69.9 Å². The summed E-state index contributed by atoms with van der Waals surface area (Å²) in [4.78, 5) is 51.7. The second kappa shape index (κ2) is 14.2. The van der Waals surface area contributed by atoms with Crippen molar-refractivity contribution in [2.24, 2.45) is 5.92 Å². The highest BCUT2D eigenvalue weighted by molar-refractivity contribution is 8.76. The van der Waals surface area contributed by atoms with Gasteiger partial charge in [0.15, 0.2) is 0 Å². The van der Waals surface area contributed by atoms with Crippen molar-refractivity contribution in [1.82, 2.24) is 16.0 Å². The lowest BCUT2D eigenvalue weighted by Gasteiger charge is -2.29. The third-order valence-electron chi connectivity index (χ3n) is 5.59. The fourth-order valence-electron chi connectivity index (χ4n) is 3.67. The molecule has 3 amide bonds. The van der Waals surface area contributed by atoms with Crippen LogP contribution in [0, 0.1) is 5.92 Å². The quantitative estimate of drug-likeness (QED) is 0.206. The SMILES string of the molecule is CC(C)[C@H]1NC(=O)[C@H]2CSSCC/C=C/[C@H](CC(=O)N[C@H](CCS(C)(=O)=O)C(=O)N2)OC(=O)C[C@@H]1O. The number of ether oxygens (including phenoxy) is 1. The van der Waals surface area contributed by atoms with E-state index in [1.807, 2.05) is 0 Å². The van der Waals surface area contributed by atoms with E-state index < -0.39 is 70.3 Å². The lowest BCUT2D eigenvalue weighted by atomic mass is 9.96. The number of nitrogens with one attached hydrogen (secondary N) is 3. The Morgan fingerprint density at radius 1 is 1.08 bits per heavy atom. The predicted octanol–water partition coefficient (Wildman–Crippen LogP) is -0.0607. The van der Waals surface area contributed by atoms with E-state index in [1.165, 1.54) is 21.6 Å².